The average Bonchev–Trinajstić information content (AvgIpc) is 2.93. The van der Waals surface area contributed by atoms with Crippen molar-refractivity contribution in [2.45, 2.75) is 70.5 Å². The molecule has 1 amide bonds. The lowest BCUT2D eigenvalue weighted by molar-refractivity contribution is -0.149. The van der Waals surface area contributed by atoms with Crippen molar-refractivity contribution in [1.29, 1.82) is 0 Å². The van der Waals surface area contributed by atoms with Gasteiger partial charge in [-0.05, 0) is 43.1 Å². The van der Waals surface area contributed by atoms with Crippen molar-refractivity contribution in [3.8, 4) is 0 Å². The molecular formula is C19H26BrF2N3O8. The molecular weight excluding hydrogens is 516 g/mol. The van der Waals surface area contributed by atoms with E-state index in [0.29, 0.717) is 11.0 Å². The molecule has 1 fully saturated rings. The molecule has 0 aliphatic carbocycles. The number of alkyl halides is 2. The van der Waals surface area contributed by atoms with Crippen molar-refractivity contribution >= 4 is 34.0 Å². The molecule has 14 heteroatoms. The highest BCUT2D eigenvalue weighted by molar-refractivity contribution is 9.10. The number of carbonyl (C=O) groups is 2. The maximum Gasteiger partial charge on any atom is 0.509 e. The van der Waals surface area contributed by atoms with Gasteiger partial charge in [-0.25, -0.2) is 14.4 Å². The molecule has 0 spiro atoms. The van der Waals surface area contributed by atoms with Crippen LogP contribution in [0.15, 0.2) is 15.5 Å². The molecule has 33 heavy (non-hydrogen) atoms. The molecule has 1 aliphatic rings. The molecule has 1 aliphatic heterocycles. The first-order chi connectivity index (χ1) is 15.3. The summed E-state index contributed by atoms with van der Waals surface area (Å²) in [6, 6.07) is 0. The van der Waals surface area contributed by atoms with Crippen LogP contribution >= 0.6 is 15.9 Å². The van der Waals surface area contributed by atoms with E-state index in [9.17, 15) is 19.5 Å². The number of carbonyl (C=O) groups excluding carboxylic acids is 2. The largest absolute Gasteiger partial charge is 0.509 e. The zero-order valence-corrected chi connectivity index (χ0v) is 20.1. The number of nitrogens with one attached hydrogen (secondary N) is 1. The third-order valence-corrected chi connectivity index (χ3v) is 4.83. The highest BCUT2D eigenvalue weighted by Gasteiger charge is 2.62. The van der Waals surface area contributed by atoms with E-state index in [4.69, 9.17) is 18.9 Å². The summed E-state index contributed by atoms with van der Waals surface area (Å²) in [5, 5.41) is 11.7. The molecule has 0 radical (unpaired) electrons. The number of hydrogen-bond acceptors (Lipinski definition) is 9. The normalized spacial score (nSPS) is 22.0. The number of nitrogens with zero attached hydrogens (tertiary/aromatic N) is 2. The number of unbranched alkanes of at least 4 members (excludes halogenated alkanes) is 1. The van der Waals surface area contributed by atoms with Crippen LogP contribution in [0.3, 0.4) is 0 Å². The number of rotatable bonds is 7. The number of aromatic nitrogens is 2. The van der Waals surface area contributed by atoms with E-state index in [2.05, 4.69) is 26.2 Å². The second kappa shape index (κ2) is 10.7. The van der Waals surface area contributed by atoms with Crippen LogP contribution in [-0.4, -0.2) is 63.9 Å². The second-order valence-electron chi connectivity index (χ2n) is 8.13. The lowest BCUT2D eigenvalue weighted by Gasteiger charge is -2.26. The van der Waals surface area contributed by atoms with Crippen molar-refractivity contribution in [2.24, 2.45) is 0 Å². The van der Waals surface area contributed by atoms with E-state index in [0.717, 1.165) is 12.6 Å². The topological polar surface area (TPSA) is 138 Å². The smallest absolute Gasteiger partial charge is 0.449 e. The maximum absolute atomic E-state index is 15.1. The zero-order valence-electron chi connectivity index (χ0n) is 18.5. The van der Waals surface area contributed by atoms with Gasteiger partial charge in [-0.2, -0.15) is 13.8 Å². The summed E-state index contributed by atoms with van der Waals surface area (Å²) in [5.41, 5.74) is -2.20. The van der Waals surface area contributed by atoms with Crippen LogP contribution in [0.2, 0.25) is 0 Å². The minimum Gasteiger partial charge on any atom is -0.449 e. The van der Waals surface area contributed by atoms with Gasteiger partial charge in [-0.1, -0.05) is 13.3 Å². The summed E-state index contributed by atoms with van der Waals surface area (Å²) in [6.07, 6.45) is -6.03. The maximum atomic E-state index is 15.1. The highest BCUT2D eigenvalue weighted by Crippen LogP contribution is 2.44. The summed E-state index contributed by atoms with van der Waals surface area (Å²) in [4.78, 5) is 39.7. The minimum atomic E-state index is -3.94. The fraction of sp³-hybridized carbons (Fsp3) is 0.684. The van der Waals surface area contributed by atoms with Crippen molar-refractivity contribution in [1.82, 2.24) is 9.55 Å². The van der Waals surface area contributed by atoms with Crippen molar-refractivity contribution in [3.63, 3.8) is 0 Å². The van der Waals surface area contributed by atoms with Crippen LogP contribution in [0.1, 0.15) is 46.8 Å². The summed E-state index contributed by atoms with van der Waals surface area (Å²) >= 11 is 3.05. The van der Waals surface area contributed by atoms with E-state index in [1.807, 2.05) is 6.92 Å². The van der Waals surface area contributed by atoms with Crippen molar-refractivity contribution < 1.29 is 42.4 Å². The Hall–Kier alpha value is -2.32. The molecule has 1 saturated heterocycles. The number of anilines is 1. The molecule has 0 bridgehead atoms. The van der Waals surface area contributed by atoms with Crippen molar-refractivity contribution in [3.05, 3.63) is 21.2 Å². The minimum absolute atomic E-state index is 0.0222. The molecule has 1 aromatic heterocycles. The molecule has 2 heterocycles. The van der Waals surface area contributed by atoms with E-state index in [-0.39, 0.29) is 16.9 Å². The van der Waals surface area contributed by atoms with Crippen LogP contribution in [0, 0.1) is 0 Å². The molecule has 2 N–H and O–H groups in total. The molecule has 0 saturated carbocycles. The number of aliphatic hydroxyl groups is 1. The standard InChI is InChI=1S/C19H26BrF2N3O8/c1-5-6-7-30-16(28)24-13-10(20)8-25(15(27)23-13)14-19(21,22)12(11(9-26)31-14)32-17(29)33-18(2,3)4/h8,11-12,14,26H,5-7,9H2,1-4H3,(H,23,24,27,28)/t11-,12?,14-/m1/s1. The molecule has 3 atom stereocenters. The number of ether oxygens (including phenoxy) is 4. The number of halogens is 3. The molecule has 1 aromatic rings. The molecule has 1 unspecified atom stereocenters. The van der Waals surface area contributed by atoms with Gasteiger partial charge >= 0.3 is 23.9 Å². The van der Waals surface area contributed by atoms with E-state index in [1.165, 1.54) is 20.8 Å². The highest BCUT2D eigenvalue weighted by atomic mass is 79.9. The van der Waals surface area contributed by atoms with Gasteiger partial charge in [0.05, 0.1) is 17.7 Å². The summed E-state index contributed by atoms with van der Waals surface area (Å²) in [5.74, 6) is -4.19. The Balaban J connectivity index is 2.25. The number of hydrogen-bond donors (Lipinski definition) is 2. The zero-order chi connectivity index (χ0) is 25.0. The van der Waals surface area contributed by atoms with E-state index in [1.54, 1.807) is 0 Å². The predicted octanol–water partition coefficient (Wildman–Crippen LogP) is 3.20. The summed E-state index contributed by atoms with van der Waals surface area (Å²) in [7, 11) is 0. The van der Waals surface area contributed by atoms with E-state index >= 15 is 8.78 Å². The van der Waals surface area contributed by atoms with Gasteiger partial charge in [0.1, 0.15) is 11.7 Å². The third-order valence-electron chi connectivity index (χ3n) is 4.25. The Kier molecular flexibility index (Phi) is 8.76. The molecule has 2 rings (SSSR count). The van der Waals surface area contributed by atoms with Crippen LogP contribution in [0.25, 0.3) is 0 Å². The first kappa shape index (κ1) is 26.9. The van der Waals surface area contributed by atoms with Gasteiger partial charge in [-0.3, -0.25) is 9.88 Å². The van der Waals surface area contributed by atoms with Gasteiger partial charge in [0.15, 0.2) is 5.82 Å². The van der Waals surface area contributed by atoms with Crippen molar-refractivity contribution in [2.75, 3.05) is 18.5 Å². The fourth-order valence-electron chi connectivity index (χ4n) is 2.78. The predicted molar refractivity (Wildman–Crippen MR) is 113 cm³/mol. The SMILES string of the molecule is CCCCOC(=O)Nc1nc(=O)n([C@@H]2O[C@H](CO)C(OC(=O)OC(C)(C)C)C2(F)F)cc1Br. The van der Waals surface area contributed by atoms with Gasteiger partial charge < -0.3 is 24.1 Å². The van der Waals surface area contributed by atoms with Crippen LogP contribution in [0.4, 0.5) is 24.2 Å². The second-order valence-corrected chi connectivity index (χ2v) is 8.98. The third kappa shape index (κ3) is 6.84. The van der Waals surface area contributed by atoms with Gasteiger partial charge in [0.25, 0.3) is 0 Å². The summed E-state index contributed by atoms with van der Waals surface area (Å²) < 4.78 is 50.3. The van der Waals surface area contributed by atoms with Gasteiger partial charge in [-0.15, -0.1) is 0 Å². The fourth-order valence-corrected chi connectivity index (χ4v) is 3.19. The molecule has 186 valence electrons. The molecule has 0 aromatic carbocycles. The Bertz CT molecular complexity index is 921. The van der Waals surface area contributed by atoms with Gasteiger partial charge in [0, 0.05) is 6.20 Å². The Morgan fingerprint density at radius 2 is 2.06 bits per heavy atom. The Morgan fingerprint density at radius 1 is 1.39 bits per heavy atom. The molecule has 11 nitrogen and oxygen atoms in total. The summed E-state index contributed by atoms with van der Waals surface area (Å²) in [6.45, 7) is 5.68. The first-order valence-electron chi connectivity index (χ1n) is 10.1. The van der Waals surface area contributed by atoms with Crippen LogP contribution in [-0.2, 0) is 18.9 Å². The Labute approximate surface area is 196 Å². The van der Waals surface area contributed by atoms with Crippen LogP contribution in [0.5, 0.6) is 0 Å². The number of amides is 1. The van der Waals surface area contributed by atoms with Gasteiger partial charge in [0.2, 0.25) is 12.3 Å². The average molecular weight is 542 g/mol. The van der Waals surface area contributed by atoms with E-state index < -0.39 is 54.5 Å². The monoisotopic (exact) mass is 541 g/mol. The number of aliphatic hydroxyl groups excluding tert-OH is 1. The Morgan fingerprint density at radius 3 is 2.64 bits per heavy atom. The van der Waals surface area contributed by atoms with Crippen LogP contribution < -0.4 is 11.0 Å². The lowest BCUT2D eigenvalue weighted by atomic mass is 10.1. The first-order valence-corrected chi connectivity index (χ1v) is 10.9. The quantitative estimate of drug-likeness (QED) is 0.393. The lowest BCUT2D eigenvalue weighted by Crippen LogP contribution is -2.45.